The largest absolute Gasteiger partial charge is 0.384 e. The molecule has 0 aliphatic carbocycles. The number of ether oxygens (including phenoxy) is 1. The predicted octanol–water partition coefficient (Wildman–Crippen LogP) is 3.57. The van der Waals surface area contributed by atoms with Gasteiger partial charge in [0, 0.05) is 30.3 Å². The van der Waals surface area contributed by atoms with Crippen molar-refractivity contribution >= 4 is 23.4 Å². The van der Waals surface area contributed by atoms with Crippen LogP contribution in [0.25, 0.3) is 5.69 Å². The van der Waals surface area contributed by atoms with Crippen LogP contribution in [0.3, 0.4) is 0 Å². The number of rotatable bonds is 5. The highest BCUT2D eigenvalue weighted by Crippen LogP contribution is 2.26. The van der Waals surface area contributed by atoms with Crippen molar-refractivity contribution in [1.29, 1.82) is 0 Å². The number of hydrogen-bond donors (Lipinski definition) is 0. The number of imidazole rings is 1. The van der Waals surface area contributed by atoms with Gasteiger partial charge in [0.15, 0.2) is 5.16 Å². The molecule has 3 nitrogen and oxygen atoms in total. The first-order valence-electron chi connectivity index (χ1n) is 5.64. The Morgan fingerprint density at radius 3 is 3.06 bits per heavy atom. The van der Waals surface area contributed by atoms with Crippen molar-refractivity contribution in [3.63, 3.8) is 0 Å². The smallest absolute Gasteiger partial charge is 0.172 e. The second kappa shape index (κ2) is 6.27. The fourth-order valence-electron chi connectivity index (χ4n) is 1.65. The van der Waals surface area contributed by atoms with Crippen LogP contribution in [0, 0.1) is 6.92 Å². The Labute approximate surface area is 116 Å². The third kappa shape index (κ3) is 2.88. The summed E-state index contributed by atoms with van der Waals surface area (Å²) in [5, 5.41) is 1.73. The Bertz CT molecular complexity index is 527. The zero-order valence-corrected chi connectivity index (χ0v) is 12.0. The number of thioether (sulfide) groups is 1. The van der Waals surface area contributed by atoms with Crippen LogP contribution in [-0.4, -0.2) is 29.0 Å². The molecule has 1 aromatic carbocycles. The molecule has 0 spiro atoms. The summed E-state index contributed by atoms with van der Waals surface area (Å²) >= 11 is 7.82. The molecule has 1 heterocycles. The SMILES string of the molecule is COCCSc1nccn1-c1cccc(Cl)c1C. The first kappa shape index (κ1) is 13.5. The average Bonchev–Trinajstić information content (AvgIpc) is 2.81. The van der Waals surface area contributed by atoms with Gasteiger partial charge in [0.1, 0.15) is 0 Å². The van der Waals surface area contributed by atoms with E-state index in [9.17, 15) is 0 Å². The van der Waals surface area contributed by atoms with Crippen molar-refractivity contribution in [3.8, 4) is 5.69 Å². The number of methoxy groups -OCH3 is 1. The van der Waals surface area contributed by atoms with Gasteiger partial charge < -0.3 is 4.74 Å². The van der Waals surface area contributed by atoms with E-state index < -0.39 is 0 Å². The monoisotopic (exact) mass is 282 g/mol. The van der Waals surface area contributed by atoms with Crippen LogP contribution < -0.4 is 0 Å². The van der Waals surface area contributed by atoms with Crippen LogP contribution in [0.15, 0.2) is 35.7 Å². The molecule has 0 radical (unpaired) electrons. The molecule has 0 unspecified atom stereocenters. The van der Waals surface area contributed by atoms with Gasteiger partial charge in [-0.2, -0.15) is 0 Å². The molecule has 5 heteroatoms. The lowest BCUT2D eigenvalue weighted by atomic mass is 10.2. The molecule has 0 fully saturated rings. The summed E-state index contributed by atoms with van der Waals surface area (Å²) in [7, 11) is 1.70. The van der Waals surface area contributed by atoms with E-state index in [0.29, 0.717) is 6.61 Å². The minimum absolute atomic E-state index is 0.714. The van der Waals surface area contributed by atoms with Crippen molar-refractivity contribution in [3.05, 3.63) is 41.2 Å². The minimum atomic E-state index is 0.714. The number of hydrogen-bond acceptors (Lipinski definition) is 3. The van der Waals surface area contributed by atoms with E-state index in [1.165, 1.54) is 0 Å². The topological polar surface area (TPSA) is 27.1 Å². The number of aromatic nitrogens is 2. The fourth-order valence-corrected chi connectivity index (χ4v) is 2.69. The van der Waals surface area contributed by atoms with E-state index >= 15 is 0 Å². The van der Waals surface area contributed by atoms with Crippen molar-refractivity contribution < 1.29 is 4.74 Å². The van der Waals surface area contributed by atoms with Gasteiger partial charge in [-0.25, -0.2) is 4.98 Å². The molecule has 0 N–H and O–H groups in total. The Morgan fingerprint density at radius 2 is 2.28 bits per heavy atom. The summed E-state index contributed by atoms with van der Waals surface area (Å²) < 4.78 is 7.11. The van der Waals surface area contributed by atoms with Gasteiger partial charge in [-0.3, -0.25) is 4.57 Å². The van der Waals surface area contributed by atoms with Gasteiger partial charge in [0.2, 0.25) is 0 Å². The molecule has 1 aromatic heterocycles. The molecule has 0 aliphatic rings. The first-order chi connectivity index (χ1) is 8.74. The molecule has 2 rings (SSSR count). The van der Waals surface area contributed by atoms with Crippen molar-refractivity contribution in [2.24, 2.45) is 0 Å². The lowest BCUT2D eigenvalue weighted by Crippen LogP contribution is -2.00. The van der Waals surface area contributed by atoms with Crippen LogP contribution in [0.5, 0.6) is 0 Å². The van der Waals surface area contributed by atoms with Crippen LogP contribution >= 0.6 is 23.4 Å². The predicted molar refractivity (Wildman–Crippen MR) is 75.9 cm³/mol. The standard InChI is InChI=1S/C13H15ClN2OS/c1-10-11(14)4-3-5-12(10)16-7-6-15-13(16)18-9-8-17-2/h3-7H,8-9H2,1-2H3. The molecule has 96 valence electrons. The molecule has 0 aliphatic heterocycles. The van der Waals surface area contributed by atoms with E-state index in [-0.39, 0.29) is 0 Å². The van der Waals surface area contributed by atoms with Crippen LogP contribution in [0.2, 0.25) is 5.02 Å². The Kier molecular flexibility index (Phi) is 4.69. The molecular weight excluding hydrogens is 268 g/mol. The third-order valence-electron chi connectivity index (χ3n) is 2.62. The molecular formula is C13H15ClN2OS. The van der Waals surface area contributed by atoms with Crippen molar-refractivity contribution in [2.75, 3.05) is 19.5 Å². The van der Waals surface area contributed by atoms with E-state index in [4.69, 9.17) is 16.3 Å². The van der Waals surface area contributed by atoms with Gasteiger partial charge in [0.25, 0.3) is 0 Å². The van der Waals surface area contributed by atoms with E-state index in [1.807, 2.05) is 31.3 Å². The number of benzene rings is 1. The Balaban J connectivity index is 2.28. The minimum Gasteiger partial charge on any atom is -0.384 e. The summed E-state index contributed by atoms with van der Waals surface area (Å²) in [6.07, 6.45) is 3.75. The summed E-state index contributed by atoms with van der Waals surface area (Å²) in [5.74, 6) is 0.882. The van der Waals surface area contributed by atoms with E-state index in [0.717, 1.165) is 27.2 Å². The van der Waals surface area contributed by atoms with Crippen LogP contribution in [0.1, 0.15) is 5.56 Å². The summed E-state index contributed by atoms with van der Waals surface area (Å²) in [4.78, 5) is 4.36. The maximum Gasteiger partial charge on any atom is 0.172 e. The molecule has 0 saturated heterocycles. The van der Waals surface area contributed by atoms with Gasteiger partial charge in [-0.1, -0.05) is 29.4 Å². The number of halogens is 1. The van der Waals surface area contributed by atoms with Crippen LogP contribution in [0.4, 0.5) is 0 Å². The highest BCUT2D eigenvalue weighted by atomic mass is 35.5. The zero-order chi connectivity index (χ0) is 13.0. The van der Waals surface area contributed by atoms with Crippen LogP contribution in [-0.2, 0) is 4.74 Å². The lowest BCUT2D eigenvalue weighted by molar-refractivity contribution is 0.218. The first-order valence-corrected chi connectivity index (χ1v) is 7.01. The van der Waals surface area contributed by atoms with Gasteiger partial charge in [-0.15, -0.1) is 0 Å². The number of nitrogens with zero attached hydrogens (tertiary/aromatic N) is 2. The maximum absolute atomic E-state index is 6.15. The summed E-state index contributed by atoms with van der Waals surface area (Å²) in [5.41, 5.74) is 2.13. The van der Waals surface area contributed by atoms with Gasteiger partial charge in [-0.05, 0) is 24.6 Å². The zero-order valence-electron chi connectivity index (χ0n) is 10.4. The van der Waals surface area contributed by atoms with E-state index in [1.54, 1.807) is 25.1 Å². The molecule has 2 aromatic rings. The van der Waals surface area contributed by atoms with E-state index in [2.05, 4.69) is 9.55 Å². The normalized spacial score (nSPS) is 10.8. The second-order valence-corrected chi connectivity index (χ2v) is 5.27. The fraction of sp³-hybridized carbons (Fsp3) is 0.308. The molecule has 0 atom stereocenters. The van der Waals surface area contributed by atoms with Crippen molar-refractivity contribution in [2.45, 2.75) is 12.1 Å². The molecule has 0 saturated carbocycles. The maximum atomic E-state index is 6.15. The highest BCUT2D eigenvalue weighted by Gasteiger charge is 2.09. The van der Waals surface area contributed by atoms with Gasteiger partial charge in [0.05, 0.1) is 12.3 Å². The summed E-state index contributed by atoms with van der Waals surface area (Å²) in [6, 6.07) is 5.90. The highest BCUT2D eigenvalue weighted by molar-refractivity contribution is 7.99. The second-order valence-electron chi connectivity index (χ2n) is 3.81. The quantitative estimate of drug-likeness (QED) is 0.620. The Morgan fingerprint density at radius 1 is 1.44 bits per heavy atom. The lowest BCUT2D eigenvalue weighted by Gasteiger charge is -2.11. The molecule has 0 bridgehead atoms. The molecule has 0 amide bonds. The average molecular weight is 283 g/mol. The summed E-state index contributed by atoms with van der Waals surface area (Å²) in [6.45, 7) is 2.73. The molecule has 18 heavy (non-hydrogen) atoms. The third-order valence-corrected chi connectivity index (χ3v) is 3.96. The van der Waals surface area contributed by atoms with Gasteiger partial charge >= 0.3 is 0 Å². The Hall–Kier alpha value is -0.970. The van der Waals surface area contributed by atoms with Crippen molar-refractivity contribution in [1.82, 2.24) is 9.55 Å².